The molecular formula is C17H25N3O2. The first-order valence-electron chi connectivity index (χ1n) is 8.40. The molecule has 1 aromatic rings. The molecule has 2 aliphatic heterocycles. The van der Waals surface area contributed by atoms with Gasteiger partial charge in [0.2, 0.25) is 0 Å². The molecule has 0 saturated carbocycles. The number of aromatic nitrogens is 1. The van der Waals surface area contributed by atoms with Crippen molar-refractivity contribution < 1.29 is 9.53 Å². The van der Waals surface area contributed by atoms with Crippen LogP contribution in [0.5, 0.6) is 0 Å². The number of hydrogen-bond acceptors (Lipinski definition) is 3. The predicted molar refractivity (Wildman–Crippen MR) is 84.5 cm³/mol. The SMILES string of the molecule is O=C(NCC1CCCO1)N1CCCCCC1c1ccncc1. The molecule has 120 valence electrons. The molecule has 5 heteroatoms. The minimum Gasteiger partial charge on any atom is -0.376 e. The number of pyridine rings is 1. The van der Waals surface area contributed by atoms with Crippen LogP contribution in [0.1, 0.15) is 50.1 Å². The van der Waals surface area contributed by atoms with Crippen LogP contribution in [0, 0.1) is 0 Å². The molecule has 0 aromatic carbocycles. The van der Waals surface area contributed by atoms with E-state index in [1.807, 2.05) is 29.4 Å². The molecule has 0 spiro atoms. The van der Waals surface area contributed by atoms with E-state index in [0.717, 1.165) is 38.8 Å². The molecule has 2 aliphatic rings. The highest BCUT2D eigenvalue weighted by Crippen LogP contribution is 2.29. The highest BCUT2D eigenvalue weighted by atomic mass is 16.5. The standard InChI is InChI=1S/C17H25N3O2/c21-17(19-13-15-5-4-12-22-15)20-11-3-1-2-6-16(20)14-7-9-18-10-8-14/h7-10,15-16H,1-6,11-13H2,(H,19,21). The van der Waals surface area contributed by atoms with Gasteiger partial charge in [-0.2, -0.15) is 0 Å². The first-order valence-corrected chi connectivity index (χ1v) is 8.40. The van der Waals surface area contributed by atoms with Gasteiger partial charge in [0.05, 0.1) is 12.1 Å². The summed E-state index contributed by atoms with van der Waals surface area (Å²) in [4.78, 5) is 18.7. The molecular weight excluding hydrogens is 278 g/mol. The topological polar surface area (TPSA) is 54.5 Å². The van der Waals surface area contributed by atoms with Crippen molar-refractivity contribution in [3.8, 4) is 0 Å². The van der Waals surface area contributed by atoms with Crippen molar-refractivity contribution in [1.82, 2.24) is 15.2 Å². The zero-order chi connectivity index (χ0) is 15.2. The molecule has 1 aromatic heterocycles. The lowest BCUT2D eigenvalue weighted by Gasteiger charge is -2.31. The molecule has 3 heterocycles. The molecule has 5 nitrogen and oxygen atoms in total. The van der Waals surface area contributed by atoms with E-state index in [1.54, 1.807) is 0 Å². The Morgan fingerprint density at radius 2 is 2.09 bits per heavy atom. The lowest BCUT2D eigenvalue weighted by Crippen LogP contribution is -2.44. The number of nitrogens with one attached hydrogen (secondary N) is 1. The number of carbonyl (C=O) groups excluding carboxylic acids is 1. The lowest BCUT2D eigenvalue weighted by molar-refractivity contribution is 0.107. The van der Waals surface area contributed by atoms with Crippen LogP contribution in [0.2, 0.25) is 0 Å². The average Bonchev–Trinajstić information content (AvgIpc) is 2.96. The van der Waals surface area contributed by atoms with Crippen molar-refractivity contribution in [2.75, 3.05) is 19.7 Å². The van der Waals surface area contributed by atoms with Gasteiger partial charge in [0.25, 0.3) is 0 Å². The fourth-order valence-electron chi connectivity index (χ4n) is 3.39. The van der Waals surface area contributed by atoms with Crippen molar-refractivity contribution in [2.24, 2.45) is 0 Å². The van der Waals surface area contributed by atoms with Gasteiger partial charge >= 0.3 is 6.03 Å². The van der Waals surface area contributed by atoms with E-state index >= 15 is 0 Å². The average molecular weight is 303 g/mol. The first kappa shape index (κ1) is 15.3. The van der Waals surface area contributed by atoms with Gasteiger partial charge < -0.3 is 15.0 Å². The quantitative estimate of drug-likeness (QED) is 0.934. The van der Waals surface area contributed by atoms with Crippen molar-refractivity contribution >= 4 is 6.03 Å². The van der Waals surface area contributed by atoms with E-state index < -0.39 is 0 Å². The summed E-state index contributed by atoms with van der Waals surface area (Å²) in [5, 5.41) is 3.07. The Labute approximate surface area is 132 Å². The van der Waals surface area contributed by atoms with E-state index in [0.29, 0.717) is 6.54 Å². The molecule has 0 radical (unpaired) electrons. The van der Waals surface area contributed by atoms with Crippen molar-refractivity contribution in [3.05, 3.63) is 30.1 Å². The van der Waals surface area contributed by atoms with E-state index in [9.17, 15) is 4.79 Å². The summed E-state index contributed by atoms with van der Waals surface area (Å²) in [6, 6.07) is 4.25. The van der Waals surface area contributed by atoms with Crippen LogP contribution in [-0.4, -0.2) is 41.7 Å². The highest BCUT2D eigenvalue weighted by molar-refractivity contribution is 5.74. The second-order valence-corrected chi connectivity index (χ2v) is 6.16. The largest absolute Gasteiger partial charge is 0.376 e. The highest BCUT2D eigenvalue weighted by Gasteiger charge is 2.27. The number of amides is 2. The zero-order valence-corrected chi connectivity index (χ0v) is 13.0. The molecule has 2 fully saturated rings. The number of hydrogen-bond donors (Lipinski definition) is 1. The van der Waals surface area contributed by atoms with Crippen LogP contribution in [0.15, 0.2) is 24.5 Å². The molecule has 2 unspecified atom stereocenters. The van der Waals surface area contributed by atoms with Gasteiger partial charge in [-0.15, -0.1) is 0 Å². The molecule has 0 aliphatic carbocycles. The zero-order valence-electron chi connectivity index (χ0n) is 13.0. The molecule has 22 heavy (non-hydrogen) atoms. The Hall–Kier alpha value is -1.62. The van der Waals surface area contributed by atoms with Crippen LogP contribution in [0.3, 0.4) is 0 Å². The monoisotopic (exact) mass is 303 g/mol. The fourth-order valence-corrected chi connectivity index (χ4v) is 3.39. The van der Waals surface area contributed by atoms with Crippen LogP contribution < -0.4 is 5.32 Å². The first-order chi connectivity index (χ1) is 10.8. The number of likely N-dealkylation sites (tertiary alicyclic amines) is 1. The van der Waals surface area contributed by atoms with Crippen LogP contribution >= 0.6 is 0 Å². The minimum absolute atomic E-state index is 0.0409. The van der Waals surface area contributed by atoms with Crippen molar-refractivity contribution in [2.45, 2.75) is 50.7 Å². The van der Waals surface area contributed by atoms with Crippen LogP contribution in [0.25, 0.3) is 0 Å². The van der Waals surface area contributed by atoms with E-state index in [-0.39, 0.29) is 18.2 Å². The summed E-state index contributed by atoms with van der Waals surface area (Å²) >= 11 is 0. The van der Waals surface area contributed by atoms with Gasteiger partial charge in [0, 0.05) is 32.1 Å². The summed E-state index contributed by atoms with van der Waals surface area (Å²) in [5.41, 5.74) is 1.18. The van der Waals surface area contributed by atoms with Crippen molar-refractivity contribution in [3.63, 3.8) is 0 Å². The molecule has 3 rings (SSSR count). The molecule has 0 bridgehead atoms. The summed E-state index contributed by atoms with van der Waals surface area (Å²) in [6.45, 7) is 2.27. The van der Waals surface area contributed by atoms with E-state index in [4.69, 9.17) is 4.74 Å². The Bertz CT molecular complexity index is 474. The Morgan fingerprint density at radius 1 is 1.23 bits per heavy atom. The normalized spacial score (nSPS) is 25.7. The molecule has 2 amide bonds. The predicted octanol–water partition coefficient (Wildman–Crippen LogP) is 2.89. The van der Waals surface area contributed by atoms with Crippen LogP contribution in [-0.2, 0) is 4.74 Å². The maximum atomic E-state index is 12.6. The number of nitrogens with zero attached hydrogens (tertiary/aromatic N) is 2. The number of rotatable bonds is 3. The third-order valence-corrected chi connectivity index (χ3v) is 4.61. The minimum atomic E-state index is 0.0409. The van der Waals surface area contributed by atoms with Gasteiger partial charge in [-0.25, -0.2) is 4.79 Å². The van der Waals surface area contributed by atoms with Gasteiger partial charge in [0.1, 0.15) is 0 Å². The number of carbonyl (C=O) groups is 1. The van der Waals surface area contributed by atoms with Crippen LogP contribution in [0.4, 0.5) is 4.79 Å². The van der Waals surface area contributed by atoms with Gasteiger partial charge in [0.15, 0.2) is 0 Å². The maximum absolute atomic E-state index is 12.6. The molecule has 2 atom stereocenters. The number of urea groups is 1. The lowest BCUT2D eigenvalue weighted by atomic mass is 10.0. The third kappa shape index (κ3) is 3.77. The molecule has 2 saturated heterocycles. The second kappa shape index (κ2) is 7.58. The van der Waals surface area contributed by atoms with Gasteiger partial charge in [-0.1, -0.05) is 12.8 Å². The summed E-state index contributed by atoms with van der Waals surface area (Å²) < 4.78 is 5.59. The third-order valence-electron chi connectivity index (χ3n) is 4.61. The van der Waals surface area contributed by atoms with E-state index in [2.05, 4.69) is 10.3 Å². The maximum Gasteiger partial charge on any atom is 0.318 e. The smallest absolute Gasteiger partial charge is 0.318 e. The van der Waals surface area contributed by atoms with E-state index in [1.165, 1.54) is 18.4 Å². The summed E-state index contributed by atoms with van der Waals surface area (Å²) in [6.07, 6.45) is 10.4. The summed E-state index contributed by atoms with van der Waals surface area (Å²) in [5.74, 6) is 0. The van der Waals surface area contributed by atoms with Gasteiger partial charge in [-0.3, -0.25) is 4.98 Å². The summed E-state index contributed by atoms with van der Waals surface area (Å²) in [7, 11) is 0. The number of ether oxygens (including phenoxy) is 1. The Morgan fingerprint density at radius 3 is 2.86 bits per heavy atom. The fraction of sp³-hybridized carbons (Fsp3) is 0.647. The molecule has 1 N–H and O–H groups in total. The van der Waals surface area contributed by atoms with Gasteiger partial charge in [-0.05, 0) is 43.4 Å². The second-order valence-electron chi connectivity index (χ2n) is 6.16. The Kier molecular flexibility index (Phi) is 5.27. The Balaban J connectivity index is 1.65. The van der Waals surface area contributed by atoms with Crippen molar-refractivity contribution in [1.29, 1.82) is 0 Å².